The van der Waals surface area contributed by atoms with E-state index >= 15 is 0 Å². The molecule has 0 bridgehead atoms. The Morgan fingerprint density at radius 2 is 1.94 bits per heavy atom. The number of ether oxygens (including phenoxy) is 1. The molecular weight excluding hydrogens is 216 g/mol. The van der Waals surface area contributed by atoms with Gasteiger partial charge in [0.1, 0.15) is 6.61 Å². The monoisotopic (exact) mass is 242 g/mol. The van der Waals surface area contributed by atoms with Gasteiger partial charge in [-0.05, 0) is 40.8 Å². The van der Waals surface area contributed by atoms with Gasteiger partial charge in [-0.25, -0.2) is 0 Å². The van der Waals surface area contributed by atoms with Gasteiger partial charge < -0.3 is 15.0 Å². The molecule has 0 aromatic rings. The van der Waals surface area contributed by atoms with Gasteiger partial charge in [0.15, 0.2) is 0 Å². The van der Waals surface area contributed by atoms with Crippen molar-refractivity contribution >= 4 is 5.91 Å². The van der Waals surface area contributed by atoms with Gasteiger partial charge >= 0.3 is 0 Å². The maximum atomic E-state index is 11.6. The first-order valence-electron chi connectivity index (χ1n) is 6.52. The van der Waals surface area contributed by atoms with Crippen molar-refractivity contribution in [2.45, 2.75) is 51.2 Å². The summed E-state index contributed by atoms with van der Waals surface area (Å²) < 4.78 is 5.29. The van der Waals surface area contributed by atoms with Gasteiger partial charge in [0, 0.05) is 12.1 Å². The van der Waals surface area contributed by atoms with Crippen LogP contribution in [0.15, 0.2) is 0 Å². The van der Waals surface area contributed by atoms with Crippen LogP contribution in [0.25, 0.3) is 0 Å². The van der Waals surface area contributed by atoms with Crippen LogP contribution in [0.1, 0.15) is 39.5 Å². The Morgan fingerprint density at radius 1 is 1.35 bits per heavy atom. The molecule has 1 amide bonds. The molecule has 17 heavy (non-hydrogen) atoms. The second-order valence-electron chi connectivity index (χ2n) is 5.46. The molecule has 1 fully saturated rings. The highest BCUT2D eigenvalue weighted by molar-refractivity contribution is 5.77. The van der Waals surface area contributed by atoms with Gasteiger partial charge in [-0.15, -0.1) is 0 Å². The molecule has 1 aliphatic carbocycles. The molecular formula is C13H26N2O2. The number of likely N-dealkylation sites (N-methyl/N-ethyl adjacent to an activating group) is 1. The number of carbonyl (C=O) groups is 1. The molecule has 1 rings (SSSR count). The lowest BCUT2D eigenvalue weighted by Crippen LogP contribution is -2.51. The molecule has 0 radical (unpaired) electrons. The Labute approximate surface area is 105 Å². The van der Waals surface area contributed by atoms with Gasteiger partial charge in [-0.2, -0.15) is 0 Å². The summed E-state index contributed by atoms with van der Waals surface area (Å²) in [5, 5.41) is 3.00. The molecule has 4 nitrogen and oxygen atoms in total. The molecule has 0 atom stereocenters. The molecule has 0 heterocycles. The van der Waals surface area contributed by atoms with Crippen LogP contribution in [0.2, 0.25) is 0 Å². The second kappa shape index (κ2) is 6.36. The fourth-order valence-electron chi connectivity index (χ4n) is 2.37. The van der Waals surface area contributed by atoms with Gasteiger partial charge in [-0.1, -0.05) is 12.8 Å². The SMILES string of the molecule is CC(C)OCC(=O)NCC1(N(C)C)CCCC1. The zero-order chi connectivity index (χ0) is 12.9. The van der Waals surface area contributed by atoms with E-state index in [1.54, 1.807) is 0 Å². The van der Waals surface area contributed by atoms with Gasteiger partial charge in [0.2, 0.25) is 5.91 Å². The molecule has 0 aromatic carbocycles. The minimum absolute atomic E-state index is 0.00757. The third-order valence-electron chi connectivity index (χ3n) is 3.65. The van der Waals surface area contributed by atoms with Crippen LogP contribution in [0.3, 0.4) is 0 Å². The second-order valence-corrected chi connectivity index (χ2v) is 5.46. The molecule has 1 aliphatic rings. The number of nitrogens with zero attached hydrogens (tertiary/aromatic N) is 1. The summed E-state index contributed by atoms with van der Waals surface area (Å²) in [4.78, 5) is 13.9. The highest BCUT2D eigenvalue weighted by atomic mass is 16.5. The van der Waals surface area contributed by atoms with E-state index in [0.717, 1.165) is 6.54 Å². The third-order valence-corrected chi connectivity index (χ3v) is 3.65. The van der Waals surface area contributed by atoms with Gasteiger partial charge in [0.25, 0.3) is 0 Å². The van der Waals surface area contributed by atoms with E-state index in [-0.39, 0.29) is 24.2 Å². The summed E-state index contributed by atoms with van der Waals surface area (Å²) >= 11 is 0. The predicted molar refractivity (Wildman–Crippen MR) is 69.0 cm³/mol. The molecule has 4 heteroatoms. The van der Waals surface area contributed by atoms with E-state index in [1.807, 2.05) is 13.8 Å². The lowest BCUT2D eigenvalue weighted by atomic mass is 9.96. The van der Waals surface area contributed by atoms with E-state index in [9.17, 15) is 4.79 Å². The average Bonchev–Trinajstić information content (AvgIpc) is 2.73. The summed E-state index contributed by atoms with van der Waals surface area (Å²) in [6, 6.07) is 0. The number of amides is 1. The van der Waals surface area contributed by atoms with E-state index in [1.165, 1.54) is 25.7 Å². The van der Waals surface area contributed by atoms with E-state index in [0.29, 0.717) is 0 Å². The van der Waals surface area contributed by atoms with E-state index in [2.05, 4.69) is 24.3 Å². The zero-order valence-corrected chi connectivity index (χ0v) is 11.6. The maximum absolute atomic E-state index is 11.6. The number of hydrogen-bond acceptors (Lipinski definition) is 3. The first-order valence-corrected chi connectivity index (χ1v) is 6.52. The Balaban J connectivity index is 2.35. The Bertz CT molecular complexity index is 246. The van der Waals surface area contributed by atoms with Crippen molar-refractivity contribution in [3.8, 4) is 0 Å². The van der Waals surface area contributed by atoms with Gasteiger partial charge in [0.05, 0.1) is 6.10 Å². The van der Waals surface area contributed by atoms with Crippen molar-refractivity contribution in [1.29, 1.82) is 0 Å². The summed E-state index contributed by atoms with van der Waals surface area (Å²) in [5.41, 5.74) is 0.160. The quantitative estimate of drug-likeness (QED) is 0.765. The number of rotatable bonds is 6. The molecule has 1 saturated carbocycles. The minimum Gasteiger partial charge on any atom is -0.369 e. The molecule has 0 aromatic heterocycles. The topological polar surface area (TPSA) is 41.6 Å². The first kappa shape index (κ1) is 14.5. The van der Waals surface area contributed by atoms with Crippen LogP contribution < -0.4 is 5.32 Å². The predicted octanol–water partition coefficient (Wildman–Crippen LogP) is 1.40. The van der Waals surface area contributed by atoms with Crippen LogP contribution in [0.4, 0.5) is 0 Å². The largest absolute Gasteiger partial charge is 0.369 e. The number of hydrogen-bond donors (Lipinski definition) is 1. The zero-order valence-electron chi connectivity index (χ0n) is 11.6. The van der Waals surface area contributed by atoms with Crippen molar-refractivity contribution in [1.82, 2.24) is 10.2 Å². The van der Waals surface area contributed by atoms with Crippen molar-refractivity contribution in [2.24, 2.45) is 0 Å². The minimum atomic E-state index is -0.00757. The fourth-order valence-corrected chi connectivity index (χ4v) is 2.37. The molecule has 100 valence electrons. The number of nitrogens with one attached hydrogen (secondary N) is 1. The lowest BCUT2D eigenvalue weighted by molar-refractivity contribution is -0.127. The van der Waals surface area contributed by atoms with Crippen LogP contribution in [-0.2, 0) is 9.53 Å². The lowest BCUT2D eigenvalue weighted by Gasteiger charge is -2.36. The number of carbonyl (C=O) groups excluding carboxylic acids is 1. The van der Waals surface area contributed by atoms with Crippen LogP contribution in [0.5, 0.6) is 0 Å². The maximum Gasteiger partial charge on any atom is 0.246 e. The molecule has 0 saturated heterocycles. The first-order chi connectivity index (χ1) is 7.96. The van der Waals surface area contributed by atoms with Crippen molar-refractivity contribution in [2.75, 3.05) is 27.2 Å². The molecule has 0 spiro atoms. The van der Waals surface area contributed by atoms with Crippen molar-refractivity contribution in [3.05, 3.63) is 0 Å². The van der Waals surface area contributed by atoms with Crippen LogP contribution in [-0.4, -0.2) is 49.7 Å². The Kier molecular flexibility index (Phi) is 5.40. The standard InChI is InChI=1S/C13H26N2O2/c1-11(2)17-9-12(16)14-10-13(15(3)4)7-5-6-8-13/h11H,5-10H2,1-4H3,(H,14,16). The van der Waals surface area contributed by atoms with E-state index in [4.69, 9.17) is 4.74 Å². The fraction of sp³-hybridized carbons (Fsp3) is 0.923. The molecule has 1 N–H and O–H groups in total. The Morgan fingerprint density at radius 3 is 2.41 bits per heavy atom. The van der Waals surface area contributed by atoms with Gasteiger partial charge in [-0.3, -0.25) is 4.79 Å². The average molecular weight is 242 g/mol. The van der Waals surface area contributed by atoms with Crippen LogP contribution >= 0.6 is 0 Å². The summed E-state index contributed by atoms with van der Waals surface area (Å²) in [5.74, 6) is -0.00757. The van der Waals surface area contributed by atoms with Crippen molar-refractivity contribution < 1.29 is 9.53 Å². The molecule has 0 unspecified atom stereocenters. The molecule has 0 aliphatic heterocycles. The normalized spacial score (nSPS) is 18.9. The Hall–Kier alpha value is -0.610. The van der Waals surface area contributed by atoms with Crippen molar-refractivity contribution in [3.63, 3.8) is 0 Å². The summed E-state index contributed by atoms with van der Waals surface area (Å²) in [6.45, 7) is 4.78. The highest BCUT2D eigenvalue weighted by Crippen LogP contribution is 2.32. The van der Waals surface area contributed by atoms with E-state index < -0.39 is 0 Å². The summed E-state index contributed by atoms with van der Waals surface area (Å²) in [6.07, 6.45) is 4.97. The highest BCUT2D eigenvalue weighted by Gasteiger charge is 2.35. The third kappa shape index (κ3) is 4.28. The smallest absolute Gasteiger partial charge is 0.246 e. The van der Waals surface area contributed by atoms with Crippen LogP contribution in [0, 0.1) is 0 Å². The summed E-state index contributed by atoms with van der Waals surface area (Å²) in [7, 11) is 4.20.